The van der Waals surface area contributed by atoms with Crippen molar-refractivity contribution in [2.45, 2.75) is 90.9 Å². The van der Waals surface area contributed by atoms with Gasteiger partial charge in [-0.15, -0.1) is 0 Å². The number of fused-ring (bicyclic) bond motifs is 9. The fourth-order valence-corrected chi connectivity index (χ4v) is 9.19. The Morgan fingerprint density at radius 3 is 1.75 bits per heavy atom. The molecule has 0 bridgehead atoms. The summed E-state index contributed by atoms with van der Waals surface area (Å²) in [5.74, 6) is 0. The zero-order valence-electron chi connectivity index (χ0n) is 32.3. The van der Waals surface area contributed by atoms with Gasteiger partial charge in [-0.3, -0.25) is 0 Å². The third-order valence-corrected chi connectivity index (χ3v) is 12.1. The first-order valence-electron chi connectivity index (χ1n) is 18.9. The second-order valence-corrected chi connectivity index (χ2v) is 18.3. The lowest BCUT2D eigenvalue weighted by molar-refractivity contribution is 0.559. The molecule has 52 heavy (non-hydrogen) atoms. The Morgan fingerprint density at radius 2 is 1.08 bits per heavy atom. The molecule has 2 heteroatoms. The summed E-state index contributed by atoms with van der Waals surface area (Å²) in [7, 11) is 0. The van der Waals surface area contributed by atoms with Crippen molar-refractivity contribution in [3.05, 3.63) is 149 Å². The standard InChI is InChI=1S/C50H49NO/c1-47(2,3)30-26-37-45-43(20-15-21-44(45)52-46(37)42(27-30)48(4,5)6)51(31-23-25-40-36(28-31)34-17-12-14-19-39(34)49(40,7)8)32-22-24-35-33-16-11-13-18-38(33)50(9,10)41(35)29-32/h11-29H,1-10H3. The van der Waals surface area contributed by atoms with Crippen molar-refractivity contribution in [2.75, 3.05) is 4.90 Å². The second kappa shape index (κ2) is 10.7. The third-order valence-electron chi connectivity index (χ3n) is 12.1. The van der Waals surface area contributed by atoms with E-state index in [9.17, 15) is 0 Å². The third kappa shape index (κ3) is 4.62. The van der Waals surface area contributed by atoms with E-state index in [0.29, 0.717) is 0 Å². The zero-order chi connectivity index (χ0) is 36.5. The zero-order valence-corrected chi connectivity index (χ0v) is 32.3. The number of nitrogens with zero attached hydrogens (tertiary/aromatic N) is 1. The average Bonchev–Trinajstić information content (AvgIpc) is 3.67. The maximum Gasteiger partial charge on any atom is 0.139 e. The van der Waals surface area contributed by atoms with Crippen LogP contribution >= 0.6 is 0 Å². The average molecular weight is 680 g/mol. The highest BCUT2D eigenvalue weighted by Gasteiger charge is 2.38. The van der Waals surface area contributed by atoms with Crippen LogP contribution in [0, 0.1) is 0 Å². The molecular weight excluding hydrogens is 631 g/mol. The Kier molecular flexibility index (Phi) is 6.77. The Morgan fingerprint density at radius 1 is 0.500 bits per heavy atom. The normalized spacial score (nSPS) is 15.4. The molecule has 0 fully saturated rings. The van der Waals surface area contributed by atoms with E-state index in [4.69, 9.17) is 4.42 Å². The van der Waals surface area contributed by atoms with Gasteiger partial charge in [0.05, 0.1) is 11.1 Å². The maximum atomic E-state index is 6.91. The van der Waals surface area contributed by atoms with Gasteiger partial charge in [0.2, 0.25) is 0 Å². The van der Waals surface area contributed by atoms with E-state index in [1.54, 1.807) is 0 Å². The molecule has 0 unspecified atom stereocenters. The topological polar surface area (TPSA) is 16.4 Å². The minimum atomic E-state index is -0.119. The number of benzene rings is 6. The Hall–Kier alpha value is -5.08. The van der Waals surface area contributed by atoms with E-state index >= 15 is 0 Å². The molecule has 9 rings (SSSR count). The monoisotopic (exact) mass is 679 g/mol. The number of anilines is 3. The molecule has 260 valence electrons. The molecule has 0 atom stereocenters. The molecule has 1 aromatic heterocycles. The number of hydrogen-bond donors (Lipinski definition) is 0. The highest BCUT2D eigenvalue weighted by molar-refractivity contribution is 6.14. The molecule has 2 aliphatic rings. The summed E-state index contributed by atoms with van der Waals surface area (Å²) >= 11 is 0. The summed E-state index contributed by atoms with van der Waals surface area (Å²) in [6, 6.07) is 43.5. The van der Waals surface area contributed by atoms with E-state index in [0.717, 1.165) is 33.6 Å². The number of furan rings is 1. The van der Waals surface area contributed by atoms with E-state index < -0.39 is 0 Å². The fraction of sp³-hybridized carbons (Fsp3) is 0.280. The predicted octanol–water partition coefficient (Wildman–Crippen LogP) is 14.3. The van der Waals surface area contributed by atoms with Gasteiger partial charge in [-0.05, 0) is 103 Å². The fourth-order valence-electron chi connectivity index (χ4n) is 9.19. The lowest BCUT2D eigenvalue weighted by Gasteiger charge is -2.29. The molecule has 0 radical (unpaired) electrons. The van der Waals surface area contributed by atoms with E-state index in [1.807, 2.05) is 0 Å². The van der Waals surface area contributed by atoms with Crippen molar-refractivity contribution in [1.29, 1.82) is 0 Å². The van der Waals surface area contributed by atoms with Gasteiger partial charge in [0.1, 0.15) is 11.2 Å². The first-order valence-corrected chi connectivity index (χ1v) is 18.9. The molecule has 2 aliphatic carbocycles. The summed E-state index contributed by atoms with van der Waals surface area (Å²) in [5, 5.41) is 2.33. The van der Waals surface area contributed by atoms with Crippen molar-refractivity contribution < 1.29 is 4.42 Å². The molecule has 0 N–H and O–H groups in total. The van der Waals surface area contributed by atoms with Gasteiger partial charge in [0.25, 0.3) is 0 Å². The lowest BCUT2D eigenvalue weighted by atomic mass is 9.79. The molecule has 0 amide bonds. The summed E-state index contributed by atoms with van der Waals surface area (Å²) in [6.07, 6.45) is 0. The Bertz CT molecular complexity index is 2600. The van der Waals surface area contributed by atoms with Gasteiger partial charge in [-0.25, -0.2) is 0 Å². The van der Waals surface area contributed by atoms with Gasteiger partial charge in [0, 0.05) is 33.2 Å². The van der Waals surface area contributed by atoms with Crippen LogP contribution in [0.5, 0.6) is 0 Å². The molecule has 0 aliphatic heterocycles. The summed E-state index contributed by atoms with van der Waals surface area (Å²) in [5.41, 5.74) is 18.4. The van der Waals surface area contributed by atoms with Crippen LogP contribution in [-0.2, 0) is 21.7 Å². The van der Waals surface area contributed by atoms with Gasteiger partial charge in [-0.1, -0.05) is 142 Å². The van der Waals surface area contributed by atoms with Crippen LogP contribution in [0.1, 0.15) is 103 Å². The quantitative estimate of drug-likeness (QED) is 0.185. The van der Waals surface area contributed by atoms with Gasteiger partial charge >= 0.3 is 0 Å². The van der Waals surface area contributed by atoms with Gasteiger partial charge in [0.15, 0.2) is 0 Å². The van der Waals surface area contributed by atoms with E-state index in [2.05, 4.69) is 189 Å². The number of rotatable bonds is 3. The summed E-state index contributed by atoms with van der Waals surface area (Å²) < 4.78 is 6.91. The summed E-state index contributed by atoms with van der Waals surface area (Å²) in [6.45, 7) is 23.3. The second-order valence-electron chi connectivity index (χ2n) is 18.3. The van der Waals surface area contributed by atoms with E-state index in [1.165, 1.54) is 61.0 Å². The minimum absolute atomic E-state index is 0.0207. The van der Waals surface area contributed by atoms with Gasteiger partial charge < -0.3 is 9.32 Å². The molecule has 7 aromatic rings. The first-order chi connectivity index (χ1) is 24.6. The molecule has 0 spiro atoms. The van der Waals surface area contributed by atoms with Crippen molar-refractivity contribution in [2.24, 2.45) is 0 Å². The Labute approximate surface area is 309 Å². The summed E-state index contributed by atoms with van der Waals surface area (Å²) in [4.78, 5) is 2.49. The lowest BCUT2D eigenvalue weighted by Crippen LogP contribution is -2.17. The predicted molar refractivity (Wildman–Crippen MR) is 221 cm³/mol. The molecule has 0 saturated heterocycles. The van der Waals surface area contributed by atoms with Crippen LogP contribution in [0.4, 0.5) is 17.1 Å². The van der Waals surface area contributed by atoms with Gasteiger partial charge in [-0.2, -0.15) is 0 Å². The van der Waals surface area contributed by atoms with Crippen molar-refractivity contribution >= 4 is 39.0 Å². The highest BCUT2D eigenvalue weighted by atomic mass is 16.3. The molecular formula is C50H49NO. The number of hydrogen-bond acceptors (Lipinski definition) is 2. The largest absolute Gasteiger partial charge is 0.456 e. The van der Waals surface area contributed by atoms with Crippen molar-refractivity contribution in [3.63, 3.8) is 0 Å². The maximum absolute atomic E-state index is 6.91. The Balaban J connectivity index is 1.36. The van der Waals surface area contributed by atoms with Crippen LogP contribution in [0.3, 0.4) is 0 Å². The molecule has 1 heterocycles. The molecule has 0 saturated carbocycles. The van der Waals surface area contributed by atoms with Crippen LogP contribution in [-0.4, -0.2) is 0 Å². The van der Waals surface area contributed by atoms with Crippen LogP contribution < -0.4 is 4.90 Å². The molecule has 2 nitrogen and oxygen atoms in total. The minimum Gasteiger partial charge on any atom is -0.456 e. The smallest absolute Gasteiger partial charge is 0.139 e. The van der Waals surface area contributed by atoms with Crippen molar-refractivity contribution in [3.8, 4) is 22.3 Å². The van der Waals surface area contributed by atoms with E-state index in [-0.39, 0.29) is 21.7 Å². The van der Waals surface area contributed by atoms with Crippen molar-refractivity contribution in [1.82, 2.24) is 0 Å². The first kappa shape index (κ1) is 32.8. The van der Waals surface area contributed by atoms with Crippen LogP contribution in [0.25, 0.3) is 44.2 Å². The SMILES string of the molecule is CC(C)(C)c1cc(C(C)(C)C)c2oc3cccc(N(c4ccc5c(c4)-c4ccccc4C5(C)C)c4ccc5c(c4)C(C)(C)c4ccccc4-5)c3c2c1. The molecule has 6 aromatic carbocycles. The van der Waals surface area contributed by atoms with Crippen LogP contribution in [0.15, 0.2) is 120 Å². The van der Waals surface area contributed by atoms with Crippen LogP contribution in [0.2, 0.25) is 0 Å². The highest BCUT2D eigenvalue weighted by Crippen LogP contribution is 2.54.